The Kier molecular flexibility index (Phi) is 4.54. The van der Waals surface area contributed by atoms with Crippen molar-refractivity contribution < 1.29 is 4.79 Å². The molecule has 4 aliphatic rings. The van der Waals surface area contributed by atoms with Crippen molar-refractivity contribution in [1.29, 1.82) is 0 Å². The Morgan fingerprint density at radius 1 is 1.04 bits per heavy atom. The lowest BCUT2D eigenvalue weighted by molar-refractivity contribution is 0.0696. The normalized spacial score (nSPS) is 30.5. The summed E-state index contributed by atoms with van der Waals surface area (Å²) in [5, 5.41) is 2.84. The molecule has 132 valence electrons. The quantitative estimate of drug-likeness (QED) is 0.803. The van der Waals surface area contributed by atoms with Crippen LogP contribution in [0.3, 0.4) is 0 Å². The van der Waals surface area contributed by atoms with Crippen LogP contribution in [0.5, 0.6) is 0 Å². The van der Waals surface area contributed by atoms with Gasteiger partial charge >= 0.3 is 0 Å². The Labute approximate surface area is 151 Å². The summed E-state index contributed by atoms with van der Waals surface area (Å²) in [4.78, 5) is 11.8. The Morgan fingerprint density at radius 2 is 1.64 bits per heavy atom. The molecule has 1 aromatic rings. The molecule has 0 aliphatic heterocycles. The number of carbonyl (C=O) groups excluding carboxylic acids is 1. The van der Waals surface area contributed by atoms with Gasteiger partial charge in [-0.15, -0.1) is 0 Å². The van der Waals surface area contributed by atoms with E-state index in [1.54, 1.807) is 5.57 Å². The fourth-order valence-electron chi connectivity index (χ4n) is 5.52. The van der Waals surface area contributed by atoms with E-state index in [-0.39, 0.29) is 5.91 Å². The lowest BCUT2D eigenvalue weighted by Gasteiger charge is -2.51. The summed E-state index contributed by atoms with van der Waals surface area (Å²) in [7, 11) is 0. The Bertz CT molecular complexity index is 680. The molecule has 5 rings (SSSR count). The van der Waals surface area contributed by atoms with Crippen molar-refractivity contribution in [2.24, 2.45) is 23.7 Å². The largest absolute Gasteiger partial charge is 0.352 e. The molecule has 25 heavy (non-hydrogen) atoms. The van der Waals surface area contributed by atoms with Crippen molar-refractivity contribution in [3.05, 3.63) is 52.6 Å². The fraction of sp³-hybridized carbons (Fsp3) is 0.522. The van der Waals surface area contributed by atoms with Crippen molar-refractivity contribution >= 4 is 12.0 Å². The molecule has 1 amide bonds. The highest BCUT2D eigenvalue weighted by molar-refractivity contribution is 5.94. The van der Waals surface area contributed by atoms with Crippen molar-refractivity contribution in [1.82, 2.24) is 5.32 Å². The Balaban J connectivity index is 1.49. The van der Waals surface area contributed by atoms with E-state index in [0.29, 0.717) is 6.54 Å². The monoisotopic (exact) mass is 335 g/mol. The second kappa shape index (κ2) is 6.82. The van der Waals surface area contributed by atoms with Crippen molar-refractivity contribution in [2.75, 3.05) is 6.54 Å². The van der Waals surface area contributed by atoms with Crippen LogP contribution in [0.25, 0.3) is 6.08 Å². The molecule has 4 aliphatic carbocycles. The highest BCUT2D eigenvalue weighted by atomic mass is 16.1. The van der Waals surface area contributed by atoms with E-state index in [1.165, 1.54) is 43.2 Å². The third kappa shape index (κ3) is 3.44. The molecular formula is C23H29NO. The van der Waals surface area contributed by atoms with Gasteiger partial charge in [0.2, 0.25) is 0 Å². The lowest BCUT2D eigenvalue weighted by Crippen LogP contribution is -2.40. The zero-order valence-electron chi connectivity index (χ0n) is 15.4. The molecular weight excluding hydrogens is 306 g/mol. The average Bonchev–Trinajstić information content (AvgIpc) is 2.58. The van der Waals surface area contributed by atoms with E-state index in [0.717, 1.165) is 29.2 Å². The third-order valence-corrected chi connectivity index (χ3v) is 6.38. The number of allylic oxidation sites excluding steroid dienone is 3. The first-order valence-electron chi connectivity index (χ1n) is 9.90. The Morgan fingerprint density at radius 3 is 2.20 bits per heavy atom. The highest BCUT2D eigenvalue weighted by Gasteiger charge is 2.44. The summed E-state index contributed by atoms with van der Waals surface area (Å²) >= 11 is 0. The minimum absolute atomic E-state index is 0.00506. The number of rotatable bonds is 4. The van der Waals surface area contributed by atoms with E-state index in [2.05, 4.69) is 24.4 Å². The lowest BCUT2D eigenvalue weighted by atomic mass is 9.54. The van der Waals surface area contributed by atoms with Crippen LogP contribution in [0.15, 0.2) is 41.5 Å². The highest BCUT2D eigenvalue weighted by Crippen LogP contribution is 2.56. The number of hydrogen-bond donors (Lipinski definition) is 1. The first kappa shape index (κ1) is 16.6. The summed E-state index contributed by atoms with van der Waals surface area (Å²) in [6.45, 7) is 4.82. The van der Waals surface area contributed by atoms with E-state index < -0.39 is 0 Å². The molecule has 1 aromatic carbocycles. The molecule has 0 heterocycles. The summed E-state index contributed by atoms with van der Waals surface area (Å²) in [5.74, 6) is 3.77. The number of amides is 1. The van der Waals surface area contributed by atoms with E-state index >= 15 is 0 Å². The molecule has 0 aromatic heterocycles. The van der Waals surface area contributed by atoms with Gasteiger partial charge in [0.25, 0.3) is 5.91 Å². The van der Waals surface area contributed by atoms with Crippen LogP contribution in [-0.2, 0) is 0 Å². The number of hydrogen-bond acceptors (Lipinski definition) is 1. The molecule has 0 spiro atoms. The number of benzene rings is 1. The zero-order chi connectivity index (χ0) is 17.4. The Hall–Kier alpha value is -1.83. The molecule has 4 saturated carbocycles. The second-order valence-corrected chi connectivity index (χ2v) is 8.32. The standard InChI is InChI=1S/C23H29NO/c1-3-24-23(25)19-6-4-16(5-7-19)8-15(2)9-22-20-11-17-10-18(13-20)14-21(22)12-17/h4-9,17-18,20-21H,3,10-14H2,1-2H3,(H,24,25). The minimum atomic E-state index is 0.00506. The van der Waals surface area contributed by atoms with Gasteiger partial charge in [-0.3, -0.25) is 4.79 Å². The van der Waals surface area contributed by atoms with Crippen LogP contribution in [0, 0.1) is 23.7 Å². The van der Waals surface area contributed by atoms with Crippen LogP contribution in [0.1, 0.15) is 61.9 Å². The first-order chi connectivity index (χ1) is 12.1. The molecule has 2 nitrogen and oxygen atoms in total. The van der Waals surface area contributed by atoms with Crippen molar-refractivity contribution in [3.8, 4) is 0 Å². The minimum Gasteiger partial charge on any atom is -0.352 e. The van der Waals surface area contributed by atoms with Crippen LogP contribution in [0.4, 0.5) is 0 Å². The molecule has 0 saturated heterocycles. The van der Waals surface area contributed by atoms with E-state index in [1.807, 2.05) is 31.2 Å². The summed E-state index contributed by atoms with van der Waals surface area (Å²) < 4.78 is 0. The molecule has 0 radical (unpaired) electrons. The van der Waals surface area contributed by atoms with Crippen LogP contribution < -0.4 is 5.32 Å². The molecule has 4 bridgehead atoms. The first-order valence-corrected chi connectivity index (χ1v) is 9.90. The predicted molar refractivity (Wildman–Crippen MR) is 103 cm³/mol. The summed E-state index contributed by atoms with van der Waals surface area (Å²) in [6, 6.07) is 7.92. The second-order valence-electron chi connectivity index (χ2n) is 8.32. The molecule has 2 heteroatoms. The van der Waals surface area contributed by atoms with Crippen molar-refractivity contribution in [3.63, 3.8) is 0 Å². The van der Waals surface area contributed by atoms with Crippen LogP contribution in [0.2, 0.25) is 0 Å². The average molecular weight is 335 g/mol. The molecule has 4 fully saturated rings. The van der Waals surface area contributed by atoms with Gasteiger partial charge in [0.05, 0.1) is 0 Å². The third-order valence-electron chi connectivity index (χ3n) is 6.38. The van der Waals surface area contributed by atoms with Crippen LogP contribution >= 0.6 is 0 Å². The van der Waals surface area contributed by atoms with Crippen molar-refractivity contribution in [2.45, 2.75) is 46.0 Å². The number of carbonyl (C=O) groups is 1. The van der Waals surface area contributed by atoms with Gasteiger partial charge in [-0.05, 0) is 87.3 Å². The SMILES string of the molecule is CCNC(=O)c1ccc(C=C(C)C=C2C3CC4CC(C3)CC2C4)cc1. The van der Waals surface area contributed by atoms with Gasteiger partial charge < -0.3 is 5.32 Å². The molecule has 0 atom stereocenters. The smallest absolute Gasteiger partial charge is 0.251 e. The van der Waals surface area contributed by atoms with Crippen LogP contribution in [-0.4, -0.2) is 12.5 Å². The molecule has 0 unspecified atom stereocenters. The van der Waals surface area contributed by atoms with E-state index in [4.69, 9.17) is 0 Å². The summed E-state index contributed by atoms with van der Waals surface area (Å²) in [5.41, 5.74) is 4.98. The maximum atomic E-state index is 11.8. The topological polar surface area (TPSA) is 29.1 Å². The van der Waals surface area contributed by atoms with E-state index in [9.17, 15) is 4.79 Å². The zero-order valence-corrected chi connectivity index (χ0v) is 15.4. The van der Waals surface area contributed by atoms with Gasteiger partial charge in [-0.25, -0.2) is 0 Å². The maximum Gasteiger partial charge on any atom is 0.251 e. The van der Waals surface area contributed by atoms with Gasteiger partial charge in [-0.2, -0.15) is 0 Å². The maximum absolute atomic E-state index is 11.8. The van der Waals surface area contributed by atoms with Gasteiger partial charge in [0.1, 0.15) is 0 Å². The fourth-order valence-corrected chi connectivity index (χ4v) is 5.52. The molecule has 1 N–H and O–H groups in total. The van der Waals surface area contributed by atoms with Gasteiger partial charge in [0.15, 0.2) is 0 Å². The van der Waals surface area contributed by atoms with Gasteiger partial charge in [-0.1, -0.05) is 35.4 Å². The summed E-state index contributed by atoms with van der Waals surface area (Å²) in [6.07, 6.45) is 12.0. The van der Waals surface area contributed by atoms with Gasteiger partial charge in [0, 0.05) is 12.1 Å². The predicted octanol–water partition coefficient (Wildman–Crippen LogP) is 5.22. The number of nitrogens with one attached hydrogen (secondary N) is 1.